The summed E-state index contributed by atoms with van der Waals surface area (Å²) in [5.41, 5.74) is 1.12. The molecule has 0 bridgehead atoms. The Bertz CT molecular complexity index is 581. The van der Waals surface area contributed by atoms with E-state index in [0.29, 0.717) is 17.0 Å². The summed E-state index contributed by atoms with van der Waals surface area (Å²) in [5.74, 6) is 0.383. The van der Waals surface area contributed by atoms with E-state index in [2.05, 4.69) is 4.98 Å². The van der Waals surface area contributed by atoms with Crippen molar-refractivity contribution in [1.82, 2.24) is 4.98 Å². The molecule has 1 aromatic heterocycles. The number of nitrogens with zero attached hydrogens (tertiary/aromatic N) is 2. The molecule has 0 saturated carbocycles. The average molecular weight is 258 g/mol. The standard InChI is InChI=1S/C14H14N2O3/c1-16(10-3-5-11(17)6-4-10)14(18)12-7-8-15-9-13(12)19-2/h3-9,17H,1-2H3. The molecular weight excluding hydrogens is 244 g/mol. The number of methoxy groups -OCH3 is 1. The fraction of sp³-hybridized carbons (Fsp3) is 0.143. The molecule has 0 atom stereocenters. The largest absolute Gasteiger partial charge is 0.508 e. The van der Waals surface area contributed by atoms with Crippen molar-refractivity contribution in [2.45, 2.75) is 0 Å². The molecule has 0 radical (unpaired) electrons. The van der Waals surface area contributed by atoms with E-state index in [-0.39, 0.29) is 11.7 Å². The van der Waals surface area contributed by atoms with Crippen LogP contribution in [-0.4, -0.2) is 30.2 Å². The normalized spacial score (nSPS) is 10.0. The molecule has 5 nitrogen and oxygen atoms in total. The van der Waals surface area contributed by atoms with E-state index in [1.165, 1.54) is 30.3 Å². The number of phenols is 1. The fourth-order valence-corrected chi connectivity index (χ4v) is 1.69. The van der Waals surface area contributed by atoms with Gasteiger partial charge in [0, 0.05) is 18.9 Å². The number of hydrogen-bond donors (Lipinski definition) is 1. The van der Waals surface area contributed by atoms with Gasteiger partial charge in [-0.25, -0.2) is 0 Å². The zero-order chi connectivity index (χ0) is 13.8. The highest BCUT2D eigenvalue weighted by Gasteiger charge is 2.17. The van der Waals surface area contributed by atoms with Crippen molar-refractivity contribution in [3.05, 3.63) is 48.3 Å². The summed E-state index contributed by atoms with van der Waals surface area (Å²) in [6.45, 7) is 0. The van der Waals surface area contributed by atoms with E-state index in [9.17, 15) is 9.90 Å². The molecule has 1 heterocycles. The summed E-state index contributed by atoms with van der Waals surface area (Å²) >= 11 is 0. The number of ether oxygens (including phenoxy) is 1. The first kappa shape index (κ1) is 12.9. The number of carbonyl (C=O) groups is 1. The number of pyridine rings is 1. The molecule has 2 rings (SSSR count). The van der Waals surface area contributed by atoms with Crippen LogP contribution >= 0.6 is 0 Å². The second-order valence-electron chi connectivity index (χ2n) is 3.96. The minimum atomic E-state index is -0.204. The molecule has 0 aliphatic rings. The van der Waals surface area contributed by atoms with E-state index in [1.807, 2.05) is 0 Å². The van der Waals surface area contributed by atoms with E-state index < -0.39 is 0 Å². The first-order chi connectivity index (χ1) is 9.13. The van der Waals surface area contributed by atoms with Gasteiger partial charge < -0.3 is 14.7 Å². The van der Waals surface area contributed by atoms with Crippen LogP contribution in [0, 0.1) is 0 Å². The highest BCUT2D eigenvalue weighted by molar-refractivity contribution is 6.07. The quantitative estimate of drug-likeness (QED) is 0.915. The molecule has 0 spiro atoms. The lowest BCUT2D eigenvalue weighted by molar-refractivity contribution is 0.0990. The maximum atomic E-state index is 12.4. The highest BCUT2D eigenvalue weighted by Crippen LogP contribution is 2.22. The Balaban J connectivity index is 2.30. The lowest BCUT2D eigenvalue weighted by atomic mass is 10.2. The Hall–Kier alpha value is -2.56. The van der Waals surface area contributed by atoms with Crippen LogP contribution in [0.2, 0.25) is 0 Å². The van der Waals surface area contributed by atoms with Crippen molar-refractivity contribution in [1.29, 1.82) is 0 Å². The van der Waals surface area contributed by atoms with Crippen LogP contribution in [0.25, 0.3) is 0 Å². The SMILES string of the molecule is COc1cnccc1C(=O)N(C)c1ccc(O)cc1. The van der Waals surface area contributed by atoms with Crippen LogP contribution in [0.5, 0.6) is 11.5 Å². The van der Waals surface area contributed by atoms with Gasteiger partial charge in [-0.15, -0.1) is 0 Å². The van der Waals surface area contributed by atoms with E-state index in [0.717, 1.165) is 0 Å². The topological polar surface area (TPSA) is 62.7 Å². The molecule has 0 aliphatic carbocycles. The van der Waals surface area contributed by atoms with Crippen molar-refractivity contribution in [2.24, 2.45) is 0 Å². The number of aromatic nitrogens is 1. The Kier molecular flexibility index (Phi) is 3.66. The molecule has 5 heteroatoms. The molecule has 1 aromatic carbocycles. The second-order valence-corrected chi connectivity index (χ2v) is 3.96. The zero-order valence-electron chi connectivity index (χ0n) is 10.7. The first-order valence-electron chi connectivity index (χ1n) is 5.68. The molecular formula is C14H14N2O3. The highest BCUT2D eigenvalue weighted by atomic mass is 16.5. The van der Waals surface area contributed by atoms with Crippen molar-refractivity contribution in [3.8, 4) is 11.5 Å². The van der Waals surface area contributed by atoms with Crippen LogP contribution in [0.15, 0.2) is 42.7 Å². The smallest absolute Gasteiger partial charge is 0.261 e. The molecule has 98 valence electrons. The monoisotopic (exact) mass is 258 g/mol. The lowest BCUT2D eigenvalue weighted by Gasteiger charge is -2.18. The Morgan fingerprint density at radius 3 is 2.58 bits per heavy atom. The molecule has 0 unspecified atom stereocenters. The predicted octanol–water partition coefficient (Wildman–Crippen LogP) is 2.07. The van der Waals surface area contributed by atoms with Gasteiger partial charge in [-0.1, -0.05) is 0 Å². The number of anilines is 1. The molecule has 1 N–H and O–H groups in total. The van der Waals surface area contributed by atoms with Crippen LogP contribution < -0.4 is 9.64 Å². The van der Waals surface area contributed by atoms with E-state index in [1.54, 1.807) is 31.4 Å². The Morgan fingerprint density at radius 1 is 1.26 bits per heavy atom. The molecule has 0 saturated heterocycles. The van der Waals surface area contributed by atoms with Gasteiger partial charge in [0.05, 0.1) is 18.9 Å². The number of carbonyl (C=O) groups excluding carboxylic acids is 1. The van der Waals surface area contributed by atoms with Crippen molar-refractivity contribution < 1.29 is 14.6 Å². The molecule has 2 aromatic rings. The van der Waals surface area contributed by atoms with Gasteiger partial charge in [-0.3, -0.25) is 9.78 Å². The van der Waals surface area contributed by atoms with Gasteiger partial charge in [0.2, 0.25) is 0 Å². The lowest BCUT2D eigenvalue weighted by Crippen LogP contribution is -2.26. The number of amides is 1. The van der Waals surface area contributed by atoms with Crippen LogP contribution in [0.4, 0.5) is 5.69 Å². The summed E-state index contributed by atoms with van der Waals surface area (Å²) in [6, 6.07) is 8.01. The molecule has 0 aliphatic heterocycles. The van der Waals surface area contributed by atoms with Gasteiger partial charge in [0.1, 0.15) is 11.5 Å². The van der Waals surface area contributed by atoms with Gasteiger partial charge in [-0.2, -0.15) is 0 Å². The van der Waals surface area contributed by atoms with Gasteiger partial charge in [0.25, 0.3) is 5.91 Å². The Labute approximate surface area is 111 Å². The third kappa shape index (κ3) is 2.65. The summed E-state index contributed by atoms with van der Waals surface area (Å²) in [6.07, 6.45) is 3.04. The van der Waals surface area contributed by atoms with Crippen molar-refractivity contribution >= 4 is 11.6 Å². The third-order valence-corrected chi connectivity index (χ3v) is 2.78. The zero-order valence-corrected chi connectivity index (χ0v) is 10.7. The number of phenolic OH excluding ortho intramolecular Hbond substituents is 1. The Morgan fingerprint density at radius 2 is 1.95 bits per heavy atom. The van der Waals surface area contributed by atoms with Crippen LogP contribution in [-0.2, 0) is 0 Å². The fourth-order valence-electron chi connectivity index (χ4n) is 1.69. The van der Waals surface area contributed by atoms with Crippen LogP contribution in [0.1, 0.15) is 10.4 Å². The van der Waals surface area contributed by atoms with Crippen molar-refractivity contribution in [2.75, 3.05) is 19.1 Å². The van der Waals surface area contributed by atoms with Gasteiger partial charge in [0.15, 0.2) is 0 Å². The third-order valence-electron chi connectivity index (χ3n) is 2.78. The van der Waals surface area contributed by atoms with Crippen molar-refractivity contribution in [3.63, 3.8) is 0 Å². The number of rotatable bonds is 3. The van der Waals surface area contributed by atoms with Gasteiger partial charge >= 0.3 is 0 Å². The molecule has 1 amide bonds. The van der Waals surface area contributed by atoms with E-state index >= 15 is 0 Å². The summed E-state index contributed by atoms with van der Waals surface area (Å²) in [7, 11) is 3.16. The first-order valence-corrected chi connectivity index (χ1v) is 5.68. The minimum Gasteiger partial charge on any atom is -0.508 e. The van der Waals surface area contributed by atoms with E-state index in [4.69, 9.17) is 4.74 Å². The summed E-state index contributed by atoms with van der Waals surface area (Å²) < 4.78 is 5.12. The maximum absolute atomic E-state index is 12.4. The molecule has 0 fully saturated rings. The number of benzene rings is 1. The summed E-state index contributed by atoms with van der Waals surface area (Å²) in [5, 5.41) is 9.24. The molecule has 19 heavy (non-hydrogen) atoms. The average Bonchev–Trinajstić information content (AvgIpc) is 2.46. The predicted molar refractivity (Wildman–Crippen MR) is 71.6 cm³/mol. The van der Waals surface area contributed by atoms with Gasteiger partial charge in [-0.05, 0) is 30.3 Å². The summed E-state index contributed by atoms with van der Waals surface area (Å²) in [4.78, 5) is 17.8. The minimum absolute atomic E-state index is 0.158. The maximum Gasteiger partial charge on any atom is 0.261 e. The number of hydrogen-bond acceptors (Lipinski definition) is 4. The van der Waals surface area contributed by atoms with Crippen LogP contribution in [0.3, 0.4) is 0 Å². The number of aromatic hydroxyl groups is 1. The second kappa shape index (κ2) is 5.39.